The molecule has 45 heavy (non-hydrogen) atoms. The van der Waals surface area contributed by atoms with Gasteiger partial charge in [-0.15, -0.1) is 11.3 Å². The zero-order chi connectivity index (χ0) is 32.6. The van der Waals surface area contributed by atoms with Gasteiger partial charge in [-0.1, -0.05) is 29.3 Å². The van der Waals surface area contributed by atoms with Crippen LogP contribution in [0.15, 0.2) is 47.4 Å². The molecular formula is C32H39ClN2O8S2. The maximum Gasteiger partial charge on any atom is 0.409 e. The minimum Gasteiger partial charge on any atom is -0.489 e. The van der Waals surface area contributed by atoms with E-state index in [2.05, 4.69) is 0 Å². The number of halogens is 1. The van der Waals surface area contributed by atoms with Crippen molar-refractivity contribution >= 4 is 45.1 Å². The highest BCUT2D eigenvalue weighted by Crippen LogP contribution is 2.37. The minimum absolute atomic E-state index is 0.00952. The number of nitrogens with zero attached hydrogens (tertiary/aromatic N) is 2. The summed E-state index contributed by atoms with van der Waals surface area (Å²) in [5, 5.41) is 0. The van der Waals surface area contributed by atoms with Gasteiger partial charge in [-0.25, -0.2) is 9.78 Å². The number of thiophene rings is 1. The van der Waals surface area contributed by atoms with Crippen molar-refractivity contribution in [1.29, 1.82) is 0 Å². The second kappa shape index (κ2) is 15.9. The number of methoxy groups -OCH3 is 1. The molecule has 0 unspecified atom stereocenters. The Kier molecular flexibility index (Phi) is 12.2. The Morgan fingerprint density at radius 1 is 1.09 bits per heavy atom. The number of esters is 1. The number of carbonyl (C=O) groups is 2. The molecule has 0 bridgehead atoms. The van der Waals surface area contributed by atoms with Crippen molar-refractivity contribution in [1.82, 2.24) is 9.88 Å². The normalized spacial score (nSPS) is 16.6. The predicted octanol–water partition coefficient (Wildman–Crippen LogP) is 6.95. The summed E-state index contributed by atoms with van der Waals surface area (Å²) in [6, 6.07) is 11.9. The third-order valence-corrected chi connectivity index (χ3v) is 10.3. The van der Waals surface area contributed by atoms with Crippen LogP contribution in [-0.2, 0) is 35.2 Å². The molecule has 10 nitrogen and oxygen atoms in total. The smallest absolute Gasteiger partial charge is 0.409 e. The molecule has 1 amide bonds. The number of amides is 1. The lowest BCUT2D eigenvalue weighted by molar-refractivity contribution is -0.147. The maximum absolute atomic E-state index is 12.7. The Balaban J connectivity index is 1.26. The van der Waals surface area contributed by atoms with E-state index in [1.807, 2.05) is 26.0 Å². The molecular weight excluding hydrogens is 640 g/mol. The molecule has 2 atom stereocenters. The number of hydrogen-bond acceptors (Lipinski definition) is 10. The molecule has 4 rings (SSSR count). The van der Waals surface area contributed by atoms with Gasteiger partial charge >= 0.3 is 12.1 Å². The highest BCUT2D eigenvalue weighted by molar-refractivity contribution is 7.86. The number of unbranched alkanes of at least 4 members (excludes halogenated alkanes) is 1. The van der Waals surface area contributed by atoms with Crippen molar-refractivity contribution < 1.29 is 36.4 Å². The van der Waals surface area contributed by atoms with Gasteiger partial charge in [-0.2, -0.15) is 8.42 Å². The summed E-state index contributed by atoms with van der Waals surface area (Å²) in [4.78, 5) is 31.7. The van der Waals surface area contributed by atoms with Crippen LogP contribution < -0.4 is 4.74 Å². The largest absolute Gasteiger partial charge is 0.489 e. The quantitative estimate of drug-likeness (QED) is 0.107. The molecule has 13 heteroatoms. The fourth-order valence-corrected chi connectivity index (χ4v) is 7.23. The standard InChI is InChI=1S/C32H39ClN2O8S2/c1-21-10-12-26(13-11-21)45(38,39)42-17-6-5-16-35(3)32(37)41-20-24-19-29(33)44-30(24)27-14-15-28(22(2)34-27)43-25-9-7-8-23(18-25)31(36)40-4/h10-15,19,23,25H,5-9,16-18,20H2,1-4H3/t23-,25-/m0/s1. The van der Waals surface area contributed by atoms with Gasteiger partial charge in [-0.3, -0.25) is 8.98 Å². The van der Waals surface area contributed by atoms with Gasteiger partial charge in [0.2, 0.25) is 0 Å². The van der Waals surface area contributed by atoms with Gasteiger partial charge in [0, 0.05) is 19.2 Å². The van der Waals surface area contributed by atoms with E-state index in [-0.39, 0.29) is 36.1 Å². The molecule has 2 heterocycles. The number of aryl methyl sites for hydroxylation is 2. The van der Waals surface area contributed by atoms with E-state index in [9.17, 15) is 18.0 Å². The molecule has 1 aliphatic rings. The first-order valence-corrected chi connectivity index (χ1v) is 17.4. The van der Waals surface area contributed by atoms with Gasteiger partial charge in [0.25, 0.3) is 10.1 Å². The molecule has 0 saturated heterocycles. The third-order valence-electron chi connectivity index (χ3n) is 7.60. The number of hydrogen-bond donors (Lipinski definition) is 0. The van der Waals surface area contributed by atoms with Crippen LogP contribution in [0.3, 0.4) is 0 Å². The molecule has 0 spiro atoms. The summed E-state index contributed by atoms with van der Waals surface area (Å²) in [6.07, 6.45) is 3.56. The van der Waals surface area contributed by atoms with Crippen molar-refractivity contribution in [3.63, 3.8) is 0 Å². The Morgan fingerprint density at radius 2 is 1.84 bits per heavy atom. The van der Waals surface area contributed by atoms with Gasteiger partial charge in [0.15, 0.2) is 0 Å². The first-order valence-electron chi connectivity index (χ1n) is 14.8. The van der Waals surface area contributed by atoms with Crippen LogP contribution in [0.2, 0.25) is 4.34 Å². The van der Waals surface area contributed by atoms with E-state index in [4.69, 9.17) is 35.0 Å². The summed E-state index contributed by atoms with van der Waals surface area (Å²) >= 11 is 7.69. The van der Waals surface area contributed by atoms with Gasteiger partial charge < -0.3 is 19.1 Å². The second-order valence-electron chi connectivity index (χ2n) is 11.1. The molecule has 1 saturated carbocycles. The molecule has 2 aromatic heterocycles. The van der Waals surface area contributed by atoms with Crippen LogP contribution in [0, 0.1) is 19.8 Å². The monoisotopic (exact) mass is 678 g/mol. The SMILES string of the molecule is COC(=O)[C@H]1CCC[C@H](Oc2ccc(-c3sc(Cl)cc3COC(=O)N(C)CCCCOS(=O)(=O)c3ccc(C)cc3)nc2C)C1. The van der Waals surface area contributed by atoms with Gasteiger partial charge in [0.05, 0.1) is 51.2 Å². The summed E-state index contributed by atoms with van der Waals surface area (Å²) in [5.74, 6) is 0.310. The van der Waals surface area contributed by atoms with Crippen LogP contribution in [0.4, 0.5) is 4.79 Å². The summed E-state index contributed by atoms with van der Waals surface area (Å²) in [7, 11) is -0.786. The number of aromatic nitrogens is 1. The molecule has 0 aliphatic heterocycles. The molecule has 0 radical (unpaired) electrons. The Labute approximate surface area is 273 Å². The lowest BCUT2D eigenvalue weighted by Crippen LogP contribution is -2.30. The Morgan fingerprint density at radius 3 is 2.56 bits per heavy atom. The number of benzene rings is 1. The van der Waals surface area contributed by atoms with E-state index < -0.39 is 16.2 Å². The zero-order valence-corrected chi connectivity index (χ0v) is 28.3. The number of pyridine rings is 1. The molecule has 1 aliphatic carbocycles. The maximum atomic E-state index is 12.7. The average molecular weight is 679 g/mol. The van der Waals surface area contributed by atoms with Crippen molar-refractivity contribution in [3.05, 3.63) is 63.6 Å². The second-order valence-corrected chi connectivity index (χ2v) is 14.4. The lowest BCUT2D eigenvalue weighted by atomic mass is 9.87. The molecule has 244 valence electrons. The summed E-state index contributed by atoms with van der Waals surface area (Å²) < 4.78 is 47.0. The van der Waals surface area contributed by atoms with E-state index >= 15 is 0 Å². The summed E-state index contributed by atoms with van der Waals surface area (Å²) in [5.41, 5.74) is 3.08. The third kappa shape index (κ3) is 9.65. The predicted molar refractivity (Wildman–Crippen MR) is 172 cm³/mol. The number of rotatable bonds is 13. The van der Waals surface area contributed by atoms with Crippen molar-refractivity contribution in [2.75, 3.05) is 27.3 Å². The highest BCUT2D eigenvalue weighted by atomic mass is 35.5. The summed E-state index contributed by atoms with van der Waals surface area (Å²) in [6.45, 7) is 4.14. The van der Waals surface area contributed by atoms with Crippen molar-refractivity contribution in [3.8, 4) is 16.3 Å². The first-order chi connectivity index (χ1) is 21.5. The zero-order valence-electron chi connectivity index (χ0n) is 25.9. The molecule has 0 N–H and O–H groups in total. The molecule has 1 aromatic carbocycles. The van der Waals surface area contributed by atoms with Crippen LogP contribution >= 0.6 is 22.9 Å². The van der Waals surface area contributed by atoms with Crippen molar-refractivity contribution in [2.45, 2.75) is 70.0 Å². The van der Waals surface area contributed by atoms with E-state index in [1.165, 1.54) is 35.5 Å². The Bertz CT molecular complexity index is 1580. The van der Waals surface area contributed by atoms with Crippen LogP contribution in [0.5, 0.6) is 5.75 Å². The van der Waals surface area contributed by atoms with Crippen LogP contribution in [0.25, 0.3) is 10.6 Å². The molecule has 3 aromatic rings. The molecule has 1 fully saturated rings. The van der Waals surface area contributed by atoms with E-state index in [1.54, 1.807) is 25.2 Å². The van der Waals surface area contributed by atoms with Crippen LogP contribution in [0.1, 0.15) is 55.3 Å². The van der Waals surface area contributed by atoms with Gasteiger partial charge in [-0.05, 0) is 82.7 Å². The first kappa shape index (κ1) is 34.7. The van der Waals surface area contributed by atoms with E-state index in [0.29, 0.717) is 47.3 Å². The lowest BCUT2D eigenvalue weighted by Gasteiger charge is -2.28. The van der Waals surface area contributed by atoms with E-state index in [0.717, 1.165) is 35.3 Å². The fourth-order valence-electron chi connectivity index (χ4n) is 5.06. The fraction of sp³-hybridized carbons (Fsp3) is 0.469. The topological polar surface area (TPSA) is 121 Å². The minimum atomic E-state index is -3.82. The average Bonchev–Trinajstić information content (AvgIpc) is 3.40. The number of ether oxygens (including phenoxy) is 3. The van der Waals surface area contributed by atoms with Crippen molar-refractivity contribution in [2.24, 2.45) is 5.92 Å². The van der Waals surface area contributed by atoms with Crippen LogP contribution in [-0.4, -0.2) is 63.8 Å². The number of carbonyl (C=O) groups excluding carboxylic acids is 2. The van der Waals surface area contributed by atoms with Gasteiger partial charge in [0.1, 0.15) is 12.4 Å². The highest BCUT2D eigenvalue weighted by Gasteiger charge is 2.29. The Hall–Kier alpha value is -3.19.